The van der Waals surface area contributed by atoms with Crippen LogP contribution in [0, 0.1) is 5.82 Å². The van der Waals surface area contributed by atoms with Crippen molar-refractivity contribution >= 4 is 28.8 Å². The first-order chi connectivity index (χ1) is 9.99. The smallest absolute Gasteiger partial charge is 0.137 e. The van der Waals surface area contributed by atoms with E-state index in [1.165, 1.54) is 0 Å². The largest absolute Gasteiger partial charge is 0.389 e. The normalized spacial score (nSPS) is 10.9. The Bertz CT molecular complexity index is 660. The lowest BCUT2D eigenvalue weighted by atomic mass is 10.1. The molecule has 0 bridgehead atoms. The molecule has 0 saturated carbocycles. The van der Waals surface area contributed by atoms with E-state index in [1.54, 1.807) is 18.2 Å². The van der Waals surface area contributed by atoms with E-state index in [0.717, 1.165) is 5.56 Å². The topological polar surface area (TPSA) is 29.3 Å². The monoisotopic (exact) mass is 322 g/mol. The second-order valence-corrected chi connectivity index (χ2v) is 5.75. The Hall–Kier alpha value is -1.49. The Labute approximate surface area is 134 Å². The molecule has 0 unspecified atom stereocenters. The molecule has 21 heavy (non-hydrogen) atoms. The molecular formula is C16H16ClFN2S. The summed E-state index contributed by atoms with van der Waals surface area (Å²) in [4.78, 5) is 2.06. The van der Waals surface area contributed by atoms with Gasteiger partial charge in [0.25, 0.3) is 0 Å². The Morgan fingerprint density at radius 1 is 1.14 bits per heavy atom. The molecule has 2 nitrogen and oxygen atoms in total. The van der Waals surface area contributed by atoms with E-state index >= 15 is 0 Å². The summed E-state index contributed by atoms with van der Waals surface area (Å²) < 4.78 is 14.3. The molecule has 0 aliphatic heterocycles. The maximum Gasteiger partial charge on any atom is 0.137 e. The van der Waals surface area contributed by atoms with Gasteiger partial charge in [-0.2, -0.15) is 0 Å². The van der Waals surface area contributed by atoms with Crippen LogP contribution in [-0.2, 0) is 13.1 Å². The van der Waals surface area contributed by atoms with Crippen LogP contribution in [0.5, 0.6) is 0 Å². The van der Waals surface area contributed by atoms with Gasteiger partial charge in [0.1, 0.15) is 10.8 Å². The molecule has 2 N–H and O–H groups in total. The van der Waals surface area contributed by atoms with Gasteiger partial charge in [0.2, 0.25) is 0 Å². The summed E-state index contributed by atoms with van der Waals surface area (Å²) >= 11 is 11.0. The van der Waals surface area contributed by atoms with Crippen molar-refractivity contribution in [3.63, 3.8) is 0 Å². The van der Waals surface area contributed by atoms with Crippen LogP contribution >= 0.6 is 23.8 Å². The summed E-state index contributed by atoms with van der Waals surface area (Å²) in [5.74, 6) is -0.351. The van der Waals surface area contributed by atoms with Gasteiger partial charge in [-0.05, 0) is 24.7 Å². The minimum absolute atomic E-state index is 0.0723. The summed E-state index contributed by atoms with van der Waals surface area (Å²) in [6.45, 7) is 1.09. The van der Waals surface area contributed by atoms with Crippen molar-refractivity contribution in [3.8, 4) is 0 Å². The highest BCUT2D eigenvalue weighted by Crippen LogP contribution is 2.19. The van der Waals surface area contributed by atoms with E-state index in [0.29, 0.717) is 23.7 Å². The van der Waals surface area contributed by atoms with E-state index in [1.807, 2.05) is 36.2 Å². The van der Waals surface area contributed by atoms with Crippen LogP contribution in [0.25, 0.3) is 0 Å². The average molecular weight is 323 g/mol. The molecule has 0 radical (unpaired) electrons. The number of rotatable bonds is 5. The zero-order valence-electron chi connectivity index (χ0n) is 11.6. The third-order valence-corrected chi connectivity index (χ3v) is 3.77. The molecule has 2 rings (SSSR count). The number of hydrogen-bond donors (Lipinski definition) is 1. The zero-order valence-corrected chi connectivity index (χ0v) is 13.2. The van der Waals surface area contributed by atoms with E-state index in [2.05, 4.69) is 0 Å². The Kier molecular flexibility index (Phi) is 5.28. The van der Waals surface area contributed by atoms with Crippen molar-refractivity contribution < 1.29 is 4.39 Å². The van der Waals surface area contributed by atoms with Crippen LogP contribution in [0.3, 0.4) is 0 Å². The first kappa shape index (κ1) is 15.9. The van der Waals surface area contributed by atoms with E-state index < -0.39 is 0 Å². The van der Waals surface area contributed by atoms with Gasteiger partial charge in [-0.1, -0.05) is 54.2 Å². The molecular weight excluding hydrogens is 307 g/mol. The van der Waals surface area contributed by atoms with Crippen LogP contribution in [-0.4, -0.2) is 16.9 Å². The van der Waals surface area contributed by atoms with Crippen molar-refractivity contribution in [1.82, 2.24) is 4.90 Å². The second-order valence-electron chi connectivity index (χ2n) is 4.91. The van der Waals surface area contributed by atoms with Crippen molar-refractivity contribution in [2.75, 3.05) is 7.05 Å². The van der Waals surface area contributed by atoms with Gasteiger partial charge in [-0.25, -0.2) is 4.39 Å². The standard InChI is InChI=1S/C16H16ClFN2S/c1-20(9-11-5-2-3-8-14(11)17)10-12-6-4-7-13(15(12)18)16(19)21/h2-8H,9-10H2,1H3,(H2,19,21). The molecule has 0 aromatic heterocycles. The van der Waals surface area contributed by atoms with Crippen LogP contribution < -0.4 is 5.73 Å². The Balaban J connectivity index is 2.13. The van der Waals surface area contributed by atoms with E-state index in [9.17, 15) is 4.39 Å². The molecule has 0 aliphatic rings. The quantitative estimate of drug-likeness (QED) is 0.850. The van der Waals surface area contributed by atoms with Crippen LogP contribution in [0.15, 0.2) is 42.5 Å². The average Bonchev–Trinajstić information content (AvgIpc) is 2.43. The molecule has 0 heterocycles. The maximum absolute atomic E-state index is 14.3. The molecule has 0 saturated heterocycles. The van der Waals surface area contributed by atoms with Gasteiger partial charge < -0.3 is 5.73 Å². The third-order valence-electron chi connectivity index (χ3n) is 3.18. The lowest BCUT2D eigenvalue weighted by Crippen LogP contribution is -2.20. The van der Waals surface area contributed by atoms with Gasteiger partial charge in [-0.3, -0.25) is 4.90 Å². The number of halogens is 2. The number of nitrogens with two attached hydrogens (primary N) is 1. The molecule has 110 valence electrons. The highest BCUT2D eigenvalue weighted by molar-refractivity contribution is 7.80. The fraction of sp³-hybridized carbons (Fsp3) is 0.188. The third kappa shape index (κ3) is 4.00. The molecule has 0 aliphatic carbocycles. The fourth-order valence-corrected chi connectivity index (χ4v) is 2.51. The minimum Gasteiger partial charge on any atom is -0.389 e. The van der Waals surface area contributed by atoms with Gasteiger partial charge in [0.05, 0.1) is 0 Å². The molecule has 2 aromatic rings. The lowest BCUT2D eigenvalue weighted by molar-refractivity contribution is 0.313. The van der Waals surface area contributed by atoms with Gasteiger partial charge in [0.15, 0.2) is 0 Å². The maximum atomic E-state index is 14.3. The summed E-state index contributed by atoms with van der Waals surface area (Å²) in [5, 5.41) is 0.710. The summed E-state index contributed by atoms with van der Waals surface area (Å²) in [6.07, 6.45) is 0. The summed E-state index contributed by atoms with van der Waals surface area (Å²) in [6, 6.07) is 12.7. The van der Waals surface area contributed by atoms with Crippen LogP contribution in [0.2, 0.25) is 5.02 Å². The van der Waals surface area contributed by atoms with E-state index in [-0.39, 0.29) is 16.4 Å². The highest BCUT2D eigenvalue weighted by atomic mass is 35.5. The minimum atomic E-state index is -0.351. The lowest BCUT2D eigenvalue weighted by Gasteiger charge is -2.18. The predicted octanol–water partition coefficient (Wildman–Crippen LogP) is 3.75. The molecule has 0 fully saturated rings. The van der Waals surface area contributed by atoms with Crippen molar-refractivity contribution in [2.45, 2.75) is 13.1 Å². The molecule has 5 heteroatoms. The number of benzene rings is 2. The van der Waals surface area contributed by atoms with Crippen LogP contribution in [0.4, 0.5) is 4.39 Å². The SMILES string of the molecule is CN(Cc1ccccc1Cl)Cc1cccc(C(N)=S)c1F. The van der Waals surface area contributed by atoms with Crippen molar-refractivity contribution in [2.24, 2.45) is 5.73 Å². The number of nitrogens with zero attached hydrogens (tertiary/aromatic N) is 1. The van der Waals surface area contributed by atoms with Gasteiger partial charge >= 0.3 is 0 Å². The Morgan fingerprint density at radius 2 is 1.76 bits per heavy atom. The Morgan fingerprint density at radius 3 is 2.43 bits per heavy atom. The van der Waals surface area contributed by atoms with Crippen molar-refractivity contribution in [3.05, 3.63) is 70.0 Å². The fourth-order valence-electron chi connectivity index (χ4n) is 2.16. The summed E-state index contributed by atoms with van der Waals surface area (Å²) in [5.41, 5.74) is 7.38. The molecule has 0 spiro atoms. The summed E-state index contributed by atoms with van der Waals surface area (Å²) in [7, 11) is 1.91. The molecule has 2 aromatic carbocycles. The highest BCUT2D eigenvalue weighted by Gasteiger charge is 2.12. The predicted molar refractivity (Wildman–Crippen MR) is 88.9 cm³/mol. The number of hydrogen-bond acceptors (Lipinski definition) is 2. The van der Waals surface area contributed by atoms with Gasteiger partial charge in [-0.15, -0.1) is 0 Å². The zero-order chi connectivity index (χ0) is 15.4. The van der Waals surface area contributed by atoms with E-state index in [4.69, 9.17) is 29.6 Å². The molecule has 0 amide bonds. The van der Waals surface area contributed by atoms with Gasteiger partial charge in [0, 0.05) is 29.2 Å². The van der Waals surface area contributed by atoms with Crippen LogP contribution in [0.1, 0.15) is 16.7 Å². The first-order valence-corrected chi connectivity index (χ1v) is 7.27. The van der Waals surface area contributed by atoms with Crippen molar-refractivity contribution in [1.29, 1.82) is 0 Å². The first-order valence-electron chi connectivity index (χ1n) is 6.48. The second kappa shape index (κ2) is 6.98. The number of thiocarbonyl (C=S) groups is 1. The molecule has 0 atom stereocenters.